The maximum atomic E-state index is 13.1. The van der Waals surface area contributed by atoms with Crippen molar-refractivity contribution in [1.82, 2.24) is 0 Å². The van der Waals surface area contributed by atoms with Crippen LogP contribution >= 0.6 is 0 Å². The van der Waals surface area contributed by atoms with Gasteiger partial charge in [-0.1, -0.05) is 18.2 Å². The first-order chi connectivity index (χ1) is 13.1. The smallest absolute Gasteiger partial charge is 0.416 e. The van der Waals surface area contributed by atoms with E-state index in [1.807, 2.05) is 0 Å². The Hall–Kier alpha value is -2.67. The Kier molecular flexibility index (Phi) is 5.30. The lowest BCUT2D eigenvalue weighted by Gasteiger charge is -2.10. The molecule has 28 heavy (non-hydrogen) atoms. The predicted octanol–water partition coefficient (Wildman–Crippen LogP) is 5.25. The Morgan fingerprint density at radius 1 is 1.11 bits per heavy atom. The van der Waals surface area contributed by atoms with Gasteiger partial charge in [-0.15, -0.1) is 0 Å². The highest BCUT2D eigenvalue weighted by Crippen LogP contribution is 2.45. The monoisotopic (exact) mass is 406 g/mol. The summed E-state index contributed by atoms with van der Waals surface area (Å²) in [5.41, 5.74) is 2.55. The van der Waals surface area contributed by atoms with Gasteiger partial charge in [0, 0.05) is 22.0 Å². The Morgan fingerprint density at radius 3 is 2.29 bits per heavy atom. The van der Waals surface area contributed by atoms with E-state index < -0.39 is 28.5 Å². The van der Waals surface area contributed by atoms with Gasteiger partial charge in [0.25, 0.3) is 0 Å². The molecule has 0 saturated carbocycles. The summed E-state index contributed by atoms with van der Waals surface area (Å²) in [5, 5.41) is 9.20. The summed E-state index contributed by atoms with van der Waals surface area (Å²) in [6.45, 7) is 1.72. The number of alkyl halides is 3. The molecule has 1 aliphatic carbocycles. The normalized spacial score (nSPS) is 16.4. The fraction of sp³-hybridized carbons (Fsp3) is 0.190. The highest BCUT2D eigenvalue weighted by Gasteiger charge is 2.33. The number of carboxylic acid groups (broad SMARTS) is 1. The molecule has 0 heterocycles. The van der Waals surface area contributed by atoms with Crippen LogP contribution in [0.25, 0.3) is 17.2 Å². The summed E-state index contributed by atoms with van der Waals surface area (Å²) in [6.07, 6.45) is -1.48. The average molecular weight is 406 g/mol. The molecule has 1 aliphatic rings. The van der Waals surface area contributed by atoms with Crippen molar-refractivity contribution in [1.29, 1.82) is 0 Å². The molecule has 0 spiro atoms. The molecule has 0 aliphatic heterocycles. The van der Waals surface area contributed by atoms with Gasteiger partial charge in [0.05, 0.1) is 12.0 Å². The molecule has 1 N–H and O–H groups in total. The molecule has 0 fully saturated rings. The van der Waals surface area contributed by atoms with Crippen LogP contribution in [0.2, 0.25) is 0 Å². The van der Waals surface area contributed by atoms with Gasteiger partial charge >= 0.3 is 12.1 Å². The topological polar surface area (TPSA) is 54.4 Å². The lowest BCUT2D eigenvalue weighted by atomic mass is 9.98. The molecular formula is C21H17F3O3S. The Bertz CT molecular complexity index is 1030. The van der Waals surface area contributed by atoms with Crippen molar-refractivity contribution in [3.05, 3.63) is 70.3 Å². The van der Waals surface area contributed by atoms with Gasteiger partial charge in [-0.05, 0) is 70.7 Å². The summed E-state index contributed by atoms with van der Waals surface area (Å²) >= 11 is 0. The molecule has 2 aromatic rings. The maximum Gasteiger partial charge on any atom is 0.416 e. The van der Waals surface area contributed by atoms with E-state index in [4.69, 9.17) is 0 Å². The number of fused-ring (bicyclic) bond motifs is 1. The van der Waals surface area contributed by atoms with Crippen LogP contribution in [0.3, 0.4) is 0 Å². The Labute approximate surface area is 162 Å². The molecule has 0 bridgehead atoms. The van der Waals surface area contributed by atoms with Crippen LogP contribution < -0.4 is 0 Å². The number of hydrogen-bond acceptors (Lipinski definition) is 2. The van der Waals surface area contributed by atoms with Gasteiger partial charge in [0.1, 0.15) is 0 Å². The van der Waals surface area contributed by atoms with Crippen LogP contribution in [0.15, 0.2) is 52.9 Å². The summed E-state index contributed by atoms with van der Waals surface area (Å²) in [6, 6.07) is 10.4. The van der Waals surface area contributed by atoms with Gasteiger partial charge in [-0.25, -0.2) is 0 Å². The standard InChI is InChI=1S/C21H17F3O3S/c1-12-17(9-13-3-6-15(7-4-13)28(2)27)16-8-5-14(21(22,23)24)10-19(16)18(12)11-20(25)26/h3-10H,11H2,1-2H3,(H,25,26). The molecule has 1 atom stereocenters. The average Bonchev–Trinajstić information content (AvgIpc) is 2.86. The van der Waals surface area contributed by atoms with Crippen molar-refractivity contribution >= 4 is 34.0 Å². The number of hydrogen-bond donors (Lipinski definition) is 1. The molecule has 0 saturated heterocycles. The first-order valence-electron chi connectivity index (χ1n) is 8.37. The SMILES string of the molecule is CC1=C(CC(=O)O)c2cc(C(F)(F)F)ccc2C1=Cc1ccc(S(C)=O)cc1. The van der Waals surface area contributed by atoms with Crippen LogP contribution in [0.1, 0.15) is 35.6 Å². The van der Waals surface area contributed by atoms with E-state index in [0.717, 1.165) is 17.7 Å². The molecular weight excluding hydrogens is 389 g/mol. The second kappa shape index (κ2) is 7.39. The number of carbonyl (C=O) groups is 1. The van der Waals surface area contributed by atoms with Gasteiger partial charge in [-0.3, -0.25) is 9.00 Å². The first-order valence-corrected chi connectivity index (χ1v) is 9.93. The van der Waals surface area contributed by atoms with Crippen molar-refractivity contribution in [3.63, 3.8) is 0 Å². The molecule has 3 rings (SSSR count). The molecule has 0 radical (unpaired) electrons. The number of carboxylic acids is 1. The van der Waals surface area contributed by atoms with Crippen LogP contribution in [0.4, 0.5) is 13.2 Å². The van der Waals surface area contributed by atoms with Gasteiger partial charge in [-0.2, -0.15) is 13.2 Å². The van der Waals surface area contributed by atoms with Crippen molar-refractivity contribution < 1.29 is 27.3 Å². The quantitative estimate of drug-likeness (QED) is 0.755. The summed E-state index contributed by atoms with van der Waals surface area (Å²) < 4.78 is 50.9. The molecule has 146 valence electrons. The van der Waals surface area contributed by atoms with Crippen LogP contribution in [0.5, 0.6) is 0 Å². The van der Waals surface area contributed by atoms with E-state index in [1.165, 1.54) is 6.07 Å². The highest BCUT2D eigenvalue weighted by molar-refractivity contribution is 7.84. The largest absolute Gasteiger partial charge is 0.481 e. The number of rotatable bonds is 4. The lowest BCUT2D eigenvalue weighted by Crippen LogP contribution is -2.06. The zero-order valence-electron chi connectivity index (χ0n) is 15.1. The van der Waals surface area contributed by atoms with Crippen molar-refractivity contribution in [2.75, 3.05) is 6.26 Å². The Morgan fingerprint density at radius 2 is 1.75 bits per heavy atom. The fourth-order valence-corrected chi connectivity index (χ4v) is 3.78. The van der Waals surface area contributed by atoms with E-state index in [9.17, 15) is 27.3 Å². The number of aliphatic carboxylic acids is 1. The zero-order chi connectivity index (χ0) is 20.6. The van der Waals surface area contributed by atoms with Crippen molar-refractivity contribution in [3.8, 4) is 0 Å². The maximum absolute atomic E-state index is 13.1. The van der Waals surface area contributed by atoms with Crippen LogP contribution in [0, 0.1) is 0 Å². The number of halogens is 3. The third-order valence-corrected chi connectivity index (χ3v) is 5.61. The number of allylic oxidation sites excluding steroid dienone is 2. The second-order valence-corrected chi connectivity index (χ2v) is 7.89. The summed E-state index contributed by atoms with van der Waals surface area (Å²) in [5.74, 6) is -1.10. The molecule has 1 unspecified atom stereocenters. The van der Waals surface area contributed by atoms with Gasteiger partial charge < -0.3 is 5.11 Å². The molecule has 2 aromatic carbocycles. The highest BCUT2D eigenvalue weighted by atomic mass is 32.2. The van der Waals surface area contributed by atoms with Crippen molar-refractivity contribution in [2.24, 2.45) is 0 Å². The van der Waals surface area contributed by atoms with E-state index in [0.29, 0.717) is 32.7 Å². The molecule has 0 amide bonds. The third-order valence-electron chi connectivity index (χ3n) is 4.67. The molecule has 3 nitrogen and oxygen atoms in total. The third kappa shape index (κ3) is 3.94. The minimum atomic E-state index is -4.50. The summed E-state index contributed by atoms with van der Waals surface area (Å²) in [4.78, 5) is 11.9. The van der Waals surface area contributed by atoms with Crippen molar-refractivity contribution in [2.45, 2.75) is 24.4 Å². The number of benzene rings is 2. The fourth-order valence-electron chi connectivity index (χ4n) is 3.26. The predicted molar refractivity (Wildman–Crippen MR) is 103 cm³/mol. The van der Waals surface area contributed by atoms with Crippen LogP contribution in [-0.2, 0) is 21.8 Å². The van der Waals surface area contributed by atoms with Gasteiger partial charge in [0.15, 0.2) is 0 Å². The molecule has 0 aromatic heterocycles. The lowest BCUT2D eigenvalue weighted by molar-refractivity contribution is -0.137. The minimum Gasteiger partial charge on any atom is -0.481 e. The first kappa shape index (κ1) is 20.1. The zero-order valence-corrected chi connectivity index (χ0v) is 15.9. The Balaban J connectivity index is 2.13. The summed E-state index contributed by atoms with van der Waals surface area (Å²) in [7, 11) is -1.11. The van der Waals surface area contributed by atoms with E-state index in [1.54, 1.807) is 43.5 Å². The van der Waals surface area contributed by atoms with E-state index in [-0.39, 0.29) is 6.42 Å². The second-order valence-electron chi connectivity index (χ2n) is 6.51. The minimum absolute atomic E-state index is 0.298. The van der Waals surface area contributed by atoms with Crippen LogP contribution in [-0.4, -0.2) is 21.5 Å². The molecule has 7 heteroatoms. The van der Waals surface area contributed by atoms with E-state index in [2.05, 4.69) is 0 Å². The van der Waals surface area contributed by atoms with Gasteiger partial charge in [0.2, 0.25) is 0 Å². The van der Waals surface area contributed by atoms with E-state index >= 15 is 0 Å².